The van der Waals surface area contributed by atoms with E-state index in [-0.39, 0.29) is 0 Å². The molecule has 3 aromatic rings. The number of hydrogen-bond donors (Lipinski definition) is 1. The molecule has 0 saturated heterocycles. The number of primary amides is 1. The van der Waals surface area contributed by atoms with E-state index in [1.54, 1.807) is 6.08 Å². The number of nitrogens with two attached hydrogens (primary N) is 1. The Kier molecular flexibility index (Phi) is 4.12. The first kappa shape index (κ1) is 15.2. The zero-order valence-corrected chi connectivity index (χ0v) is 13.8. The molecule has 0 bridgehead atoms. The van der Waals surface area contributed by atoms with Gasteiger partial charge in [-0.25, -0.2) is 4.98 Å². The number of para-hydroxylation sites is 1. The molecule has 0 fully saturated rings. The van der Waals surface area contributed by atoms with E-state index < -0.39 is 5.91 Å². The summed E-state index contributed by atoms with van der Waals surface area (Å²) < 4.78 is 1.04. The molecule has 0 atom stereocenters. The highest BCUT2D eigenvalue weighted by Gasteiger charge is 2.14. The lowest BCUT2D eigenvalue weighted by Crippen LogP contribution is -2.12. The topological polar surface area (TPSA) is 59.2 Å². The Morgan fingerprint density at radius 2 is 1.83 bits per heavy atom. The number of amides is 1. The quantitative estimate of drug-likeness (QED) is 0.749. The van der Waals surface area contributed by atoms with Crippen LogP contribution in [0.1, 0.15) is 10.6 Å². The zero-order chi connectivity index (χ0) is 16.4. The number of fused-ring (bicyclic) bond motifs is 1. The molecule has 0 spiro atoms. The molecule has 3 rings (SSSR count). The molecule has 1 amide bonds. The first-order chi connectivity index (χ1) is 11.0. The first-order valence-corrected chi connectivity index (χ1v) is 8.01. The van der Waals surface area contributed by atoms with Crippen LogP contribution >= 0.6 is 11.3 Å². The Morgan fingerprint density at radius 3 is 2.43 bits per heavy atom. The number of carbonyl (C=O) groups is 1. The first-order valence-electron chi connectivity index (χ1n) is 7.19. The fraction of sp³-hybridized carbons (Fsp3) is 0.111. The van der Waals surface area contributed by atoms with Gasteiger partial charge in [-0.3, -0.25) is 4.79 Å². The number of thiazole rings is 1. The van der Waals surface area contributed by atoms with E-state index in [4.69, 9.17) is 5.73 Å². The molecule has 0 unspecified atom stereocenters. The van der Waals surface area contributed by atoms with E-state index in [1.165, 1.54) is 11.3 Å². The maximum Gasteiger partial charge on any atom is 0.251 e. The predicted octanol–water partition coefficient (Wildman–Crippen LogP) is 3.39. The summed E-state index contributed by atoms with van der Waals surface area (Å²) in [7, 11) is 3.97. The summed E-state index contributed by atoms with van der Waals surface area (Å²) >= 11 is 1.47. The summed E-state index contributed by atoms with van der Waals surface area (Å²) in [6.07, 6.45) is 1.79. The summed E-state index contributed by atoms with van der Waals surface area (Å²) in [5.41, 5.74) is 8.90. The van der Waals surface area contributed by atoms with Gasteiger partial charge < -0.3 is 10.6 Å². The Bertz CT molecular complexity index is 846. The van der Waals surface area contributed by atoms with Crippen molar-refractivity contribution < 1.29 is 4.79 Å². The molecule has 0 aliphatic rings. The third-order valence-electron chi connectivity index (χ3n) is 3.51. The van der Waals surface area contributed by atoms with Crippen molar-refractivity contribution in [3.63, 3.8) is 0 Å². The van der Waals surface area contributed by atoms with Crippen LogP contribution < -0.4 is 10.6 Å². The fourth-order valence-corrected chi connectivity index (χ4v) is 3.25. The summed E-state index contributed by atoms with van der Waals surface area (Å²) in [4.78, 5) is 18.4. The van der Waals surface area contributed by atoms with Gasteiger partial charge in [-0.2, -0.15) is 0 Å². The van der Waals surface area contributed by atoms with Crippen molar-refractivity contribution in [3.8, 4) is 0 Å². The summed E-state index contributed by atoms with van der Waals surface area (Å²) in [5.74, 6) is -0.472. The summed E-state index contributed by atoms with van der Waals surface area (Å²) in [6.45, 7) is 0. The molecule has 0 saturated carbocycles. The normalized spacial score (nSPS) is 11.7. The lowest BCUT2D eigenvalue weighted by atomic mass is 10.1. The number of carbonyl (C=O) groups excluding carboxylic acids is 1. The third-order valence-corrected chi connectivity index (χ3v) is 4.58. The molecule has 5 heteroatoms. The van der Waals surface area contributed by atoms with E-state index in [9.17, 15) is 4.79 Å². The van der Waals surface area contributed by atoms with Crippen molar-refractivity contribution in [3.05, 3.63) is 59.1 Å². The maximum atomic E-state index is 11.9. The van der Waals surface area contributed by atoms with Gasteiger partial charge in [0.2, 0.25) is 0 Å². The average Bonchev–Trinajstić information content (AvgIpc) is 2.96. The minimum absolute atomic E-state index is 0.434. The molecule has 1 aromatic heterocycles. The number of anilines is 1. The highest BCUT2D eigenvalue weighted by molar-refractivity contribution is 7.19. The molecular formula is C18H17N3OS. The van der Waals surface area contributed by atoms with Crippen molar-refractivity contribution in [1.29, 1.82) is 0 Å². The van der Waals surface area contributed by atoms with E-state index >= 15 is 0 Å². The molecule has 0 radical (unpaired) electrons. The molecule has 0 aliphatic heterocycles. The van der Waals surface area contributed by atoms with E-state index in [0.29, 0.717) is 10.6 Å². The average molecular weight is 323 g/mol. The van der Waals surface area contributed by atoms with Crippen LogP contribution in [-0.2, 0) is 4.79 Å². The van der Waals surface area contributed by atoms with Crippen LogP contribution in [0.4, 0.5) is 5.69 Å². The van der Waals surface area contributed by atoms with Crippen LogP contribution in [0.15, 0.2) is 48.5 Å². The zero-order valence-electron chi connectivity index (χ0n) is 13.0. The van der Waals surface area contributed by atoms with Gasteiger partial charge in [0.05, 0.1) is 15.8 Å². The predicted molar refractivity (Wildman–Crippen MR) is 97.5 cm³/mol. The second-order valence-electron chi connectivity index (χ2n) is 5.39. The van der Waals surface area contributed by atoms with Crippen molar-refractivity contribution in [2.75, 3.05) is 19.0 Å². The fourth-order valence-electron chi connectivity index (χ4n) is 2.26. The number of aromatic nitrogens is 1. The van der Waals surface area contributed by atoms with Crippen molar-refractivity contribution >= 4 is 44.8 Å². The summed E-state index contributed by atoms with van der Waals surface area (Å²) in [5, 5.41) is 0.649. The minimum atomic E-state index is -0.472. The van der Waals surface area contributed by atoms with Crippen LogP contribution in [0.5, 0.6) is 0 Å². The Morgan fingerprint density at radius 1 is 1.13 bits per heavy atom. The second kappa shape index (κ2) is 6.22. The van der Waals surface area contributed by atoms with Crippen LogP contribution in [0.3, 0.4) is 0 Å². The SMILES string of the molecule is CN(C)c1ccc(C=C(C(N)=O)c2nc3ccccc3s2)cc1. The maximum absolute atomic E-state index is 11.9. The van der Waals surface area contributed by atoms with Crippen LogP contribution in [0.25, 0.3) is 21.9 Å². The third kappa shape index (κ3) is 3.24. The van der Waals surface area contributed by atoms with Gasteiger partial charge in [-0.1, -0.05) is 24.3 Å². The number of hydrogen-bond acceptors (Lipinski definition) is 4. The second-order valence-corrected chi connectivity index (χ2v) is 6.43. The molecule has 2 N–H and O–H groups in total. The molecule has 23 heavy (non-hydrogen) atoms. The molecule has 0 aliphatic carbocycles. The van der Waals surface area contributed by atoms with Gasteiger partial charge in [0, 0.05) is 19.8 Å². The van der Waals surface area contributed by atoms with Gasteiger partial charge in [-0.15, -0.1) is 11.3 Å². The van der Waals surface area contributed by atoms with Crippen molar-refractivity contribution in [2.45, 2.75) is 0 Å². The van der Waals surface area contributed by atoms with Gasteiger partial charge >= 0.3 is 0 Å². The lowest BCUT2D eigenvalue weighted by molar-refractivity contribution is -0.112. The van der Waals surface area contributed by atoms with E-state index in [1.807, 2.05) is 67.5 Å². The monoisotopic (exact) mass is 323 g/mol. The smallest absolute Gasteiger partial charge is 0.251 e. The Labute approximate surface area is 138 Å². The molecule has 1 heterocycles. The van der Waals surface area contributed by atoms with Crippen LogP contribution in [0.2, 0.25) is 0 Å². The highest BCUT2D eigenvalue weighted by Crippen LogP contribution is 2.28. The highest BCUT2D eigenvalue weighted by atomic mass is 32.1. The van der Waals surface area contributed by atoms with Gasteiger partial charge in [0.25, 0.3) is 5.91 Å². The van der Waals surface area contributed by atoms with Crippen molar-refractivity contribution in [2.24, 2.45) is 5.73 Å². The molecular weight excluding hydrogens is 306 g/mol. The Balaban J connectivity index is 2.02. The van der Waals surface area contributed by atoms with E-state index in [2.05, 4.69) is 4.98 Å². The number of benzene rings is 2. The van der Waals surface area contributed by atoms with Gasteiger partial charge in [-0.05, 0) is 35.9 Å². The standard InChI is InChI=1S/C18H17N3OS/c1-21(2)13-9-7-12(8-10-13)11-14(17(19)22)18-20-15-5-3-4-6-16(15)23-18/h3-11H,1-2H3,(H2,19,22). The number of rotatable bonds is 4. The van der Waals surface area contributed by atoms with Crippen molar-refractivity contribution in [1.82, 2.24) is 4.98 Å². The molecule has 4 nitrogen and oxygen atoms in total. The number of nitrogens with zero attached hydrogens (tertiary/aromatic N) is 2. The Hall–Kier alpha value is -2.66. The van der Waals surface area contributed by atoms with Gasteiger partial charge in [0.1, 0.15) is 5.01 Å². The largest absolute Gasteiger partial charge is 0.378 e. The minimum Gasteiger partial charge on any atom is -0.378 e. The van der Waals surface area contributed by atoms with Crippen LogP contribution in [0, 0.1) is 0 Å². The molecule has 116 valence electrons. The lowest BCUT2D eigenvalue weighted by Gasteiger charge is -2.12. The van der Waals surface area contributed by atoms with Gasteiger partial charge in [0.15, 0.2) is 0 Å². The summed E-state index contributed by atoms with van der Waals surface area (Å²) in [6, 6.07) is 15.7. The van der Waals surface area contributed by atoms with Crippen LogP contribution in [-0.4, -0.2) is 25.0 Å². The molecule has 2 aromatic carbocycles. The van der Waals surface area contributed by atoms with E-state index in [0.717, 1.165) is 21.5 Å².